The van der Waals surface area contributed by atoms with Crippen LogP contribution < -0.4 is 5.32 Å². The van der Waals surface area contributed by atoms with Crippen molar-refractivity contribution in [1.29, 1.82) is 0 Å². The molecule has 0 bridgehead atoms. The number of hydrogen-bond acceptors (Lipinski definition) is 6. The third-order valence-electron chi connectivity index (χ3n) is 2.66. The highest BCUT2D eigenvalue weighted by Gasteiger charge is 2.27. The first-order valence-electron chi connectivity index (χ1n) is 5.65. The standard InChI is InChI=1S/C10H20N4O3/c1-2-3-14-9(11-8-13-14)4-12-10(5-15,6-16)7-17/h8,12,15-17H,2-7H2,1H3. The van der Waals surface area contributed by atoms with E-state index >= 15 is 0 Å². The normalized spacial score (nSPS) is 12.0. The third kappa shape index (κ3) is 3.47. The van der Waals surface area contributed by atoms with Gasteiger partial charge in [-0.3, -0.25) is 5.32 Å². The zero-order valence-corrected chi connectivity index (χ0v) is 10.0. The Kier molecular flexibility index (Phi) is 5.49. The fraction of sp³-hybridized carbons (Fsp3) is 0.800. The average molecular weight is 244 g/mol. The van der Waals surface area contributed by atoms with Gasteiger partial charge in [0, 0.05) is 6.54 Å². The maximum absolute atomic E-state index is 9.15. The van der Waals surface area contributed by atoms with Crippen LogP contribution in [-0.4, -0.2) is 55.4 Å². The lowest BCUT2D eigenvalue weighted by atomic mass is 10.0. The summed E-state index contributed by atoms with van der Waals surface area (Å²) in [7, 11) is 0. The summed E-state index contributed by atoms with van der Waals surface area (Å²) in [6.45, 7) is 2.10. The number of nitrogens with zero attached hydrogens (tertiary/aromatic N) is 3. The highest BCUT2D eigenvalue weighted by molar-refractivity contribution is 4.91. The molecular weight excluding hydrogens is 224 g/mol. The molecule has 1 aromatic rings. The second-order valence-electron chi connectivity index (χ2n) is 4.01. The summed E-state index contributed by atoms with van der Waals surface area (Å²) in [5.41, 5.74) is -1.08. The van der Waals surface area contributed by atoms with E-state index in [1.54, 1.807) is 4.68 Å². The van der Waals surface area contributed by atoms with E-state index in [9.17, 15) is 0 Å². The molecule has 0 fully saturated rings. The first-order valence-corrected chi connectivity index (χ1v) is 5.65. The van der Waals surface area contributed by atoms with Gasteiger partial charge in [-0.2, -0.15) is 5.10 Å². The highest BCUT2D eigenvalue weighted by Crippen LogP contribution is 2.04. The van der Waals surface area contributed by atoms with Crippen LogP contribution in [0.15, 0.2) is 6.33 Å². The van der Waals surface area contributed by atoms with E-state index in [1.165, 1.54) is 6.33 Å². The Hall–Kier alpha value is -1.02. The molecular formula is C10H20N4O3. The Balaban J connectivity index is 2.62. The maximum Gasteiger partial charge on any atom is 0.140 e. The summed E-state index contributed by atoms with van der Waals surface area (Å²) in [6.07, 6.45) is 2.41. The van der Waals surface area contributed by atoms with Crippen LogP contribution in [0.5, 0.6) is 0 Å². The van der Waals surface area contributed by atoms with Gasteiger partial charge in [0.15, 0.2) is 0 Å². The molecule has 0 aliphatic rings. The van der Waals surface area contributed by atoms with E-state index in [-0.39, 0.29) is 19.8 Å². The Morgan fingerprint density at radius 2 is 1.94 bits per heavy atom. The molecule has 0 atom stereocenters. The van der Waals surface area contributed by atoms with Gasteiger partial charge in [0.05, 0.1) is 31.9 Å². The molecule has 0 aliphatic heterocycles. The fourth-order valence-electron chi connectivity index (χ4n) is 1.41. The molecule has 0 amide bonds. The molecule has 4 N–H and O–H groups in total. The molecule has 0 unspecified atom stereocenters. The van der Waals surface area contributed by atoms with Crippen LogP contribution in [0.4, 0.5) is 0 Å². The SMILES string of the molecule is CCCn1ncnc1CNC(CO)(CO)CO. The first-order chi connectivity index (χ1) is 8.21. The second-order valence-corrected chi connectivity index (χ2v) is 4.01. The molecule has 1 heterocycles. The molecule has 17 heavy (non-hydrogen) atoms. The van der Waals surface area contributed by atoms with Crippen molar-refractivity contribution >= 4 is 0 Å². The summed E-state index contributed by atoms with van der Waals surface area (Å²) < 4.78 is 1.75. The topological polar surface area (TPSA) is 103 Å². The molecule has 1 aromatic heterocycles. The van der Waals surface area contributed by atoms with Crippen LogP contribution in [0.25, 0.3) is 0 Å². The Morgan fingerprint density at radius 3 is 2.47 bits per heavy atom. The van der Waals surface area contributed by atoms with Crippen molar-refractivity contribution in [1.82, 2.24) is 20.1 Å². The minimum atomic E-state index is -1.08. The van der Waals surface area contributed by atoms with Crippen LogP contribution in [-0.2, 0) is 13.1 Å². The number of aliphatic hydroxyl groups is 3. The van der Waals surface area contributed by atoms with Gasteiger partial charge in [0.25, 0.3) is 0 Å². The van der Waals surface area contributed by atoms with Gasteiger partial charge in [-0.1, -0.05) is 6.92 Å². The molecule has 0 aromatic carbocycles. The van der Waals surface area contributed by atoms with Crippen molar-refractivity contribution in [2.24, 2.45) is 0 Å². The number of aromatic nitrogens is 3. The fourth-order valence-corrected chi connectivity index (χ4v) is 1.41. The summed E-state index contributed by atoms with van der Waals surface area (Å²) >= 11 is 0. The Bertz CT molecular complexity index is 317. The van der Waals surface area contributed by atoms with Gasteiger partial charge in [-0.15, -0.1) is 0 Å². The summed E-state index contributed by atoms with van der Waals surface area (Å²) in [5, 5.41) is 34.4. The van der Waals surface area contributed by atoms with E-state index in [0.717, 1.165) is 13.0 Å². The van der Waals surface area contributed by atoms with E-state index in [1.807, 2.05) is 6.92 Å². The smallest absolute Gasteiger partial charge is 0.140 e. The minimum absolute atomic E-state index is 0.335. The van der Waals surface area contributed by atoms with Crippen LogP contribution >= 0.6 is 0 Å². The molecule has 0 saturated heterocycles. The van der Waals surface area contributed by atoms with Crippen molar-refractivity contribution < 1.29 is 15.3 Å². The predicted molar refractivity (Wildman–Crippen MR) is 61.1 cm³/mol. The van der Waals surface area contributed by atoms with Crippen molar-refractivity contribution in [2.45, 2.75) is 32.0 Å². The summed E-state index contributed by atoms with van der Waals surface area (Å²) in [4.78, 5) is 4.09. The number of hydrogen-bond donors (Lipinski definition) is 4. The molecule has 7 heteroatoms. The molecule has 0 radical (unpaired) electrons. The van der Waals surface area contributed by atoms with Crippen LogP contribution in [0, 0.1) is 0 Å². The largest absolute Gasteiger partial charge is 0.394 e. The maximum atomic E-state index is 9.15. The lowest BCUT2D eigenvalue weighted by Crippen LogP contribution is -2.54. The van der Waals surface area contributed by atoms with E-state index in [4.69, 9.17) is 15.3 Å². The van der Waals surface area contributed by atoms with Gasteiger partial charge in [-0.25, -0.2) is 9.67 Å². The highest BCUT2D eigenvalue weighted by atomic mass is 16.3. The van der Waals surface area contributed by atoms with Crippen LogP contribution in [0.3, 0.4) is 0 Å². The Labute approximate surface area is 100 Å². The average Bonchev–Trinajstić information content (AvgIpc) is 2.80. The van der Waals surface area contributed by atoms with Gasteiger partial charge in [0.1, 0.15) is 12.2 Å². The van der Waals surface area contributed by atoms with Crippen molar-refractivity contribution in [3.63, 3.8) is 0 Å². The predicted octanol–water partition coefficient (Wildman–Crippen LogP) is -1.51. The monoisotopic (exact) mass is 244 g/mol. The van der Waals surface area contributed by atoms with Crippen molar-refractivity contribution in [2.75, 3.05) is 19.8 Å². The van der Waals surface area contributed by atoms with E-state index < -0.39 is 5.54 Å². The third-order valence-corrected chi connectivity index (χ3v) is 2.66. The van der Waals surface area contributed by atoms with Crippen molar-refractivity contribution in [3.05, 3.63) is 12.2 Å². The molecule has 1 rings (SSSR count). The van der Waals surface area contributed by atoms with Crippen LogP contribution in [0.2, 0.25) is 0 Å². The lowest BCUT2D eigenvalue weighted by molar-refractivity contribution is 0.0406. The number of nitrogens with one attached hydrogen (secondary N) is 1. The van der Waals surface area contributed by atoms with E-state index in [2.05, 4.69) is 15.4 Å². The zero-order valence-electron chi connectivity index (χ0n) is 10.0. The van der Waals surface area contributed by atoms with Gasteiger partial charge < -0.3 is 15.3 Å². The molecule has 7 nitrogen and oxygen atoms in total. The summed E-state index contributed by atoms with van der Waals surface area (Å²) in [5.74, 6) is 0.714. The molecule has 98 valence electrons. The molecule has 0 aliphatic carbocycles. The summed E-state index contributed by atoms with van der Waals surface area (Å²) in [6, 6.07) is 0. The van der Waals surface area contributed by atoms with Gasteiger partial charge in [0.2, 0.25) is 0 Å². The Morgan fingerprint density at radius 1 is 1.29 bits per heavy atom. The quantitative estimate of drug-likeness (QED) is 0.443. The minimum Gasteiger partial charge on any atom is -0.394 e. The first kappa shape index (κ1) is 14.0. The second kappa shape index (κ2) is 6.65. The van der Waals surface area contributed by atoms with Gasteiger partial charge >= 0.3 is 0 Å². The lowest BCUT2D eigenvalue weighted by Gasteiger charge is -2.28. The van der Waals surface area contributed by atoms with Crippen LogP contribution in [0.1, 0.15) is 19.2 Å². The number of aliphatic hydroxyl groups excluding tert-OH is 3. The van der Waals surface area contributed by atoms with E-state index in [0.29, 0.717) is 12.4 Å². The van der Waals surface area contributed by atoms with Gasteiger partial charge in [-0.05, 0) is 6.42 Å². The van der Waals surface area contributed by atoms with Crippen molar-refractivity contribution in [3.8, 4) is 0 Å². The molecule has 0 saturated carbocycles. The zero-order chi connectivity index (χ0) is 12.7. The molecule has 0 spiro atoms. The number of rotatable bonds is 8. The number of aryl methyl sites for hydroxylation is 1.